The molecular formula is C16H22BrNO. The van der Waals surface area contributed by atoms with Crippen molar-refractivity contribution in [1.29, 1.82) is 0 Å². The molecule has 0 fully saturated rings. The van der Waals surface area contributed by atoms with Gasteiger partial charge in [-0.1, -0.05) is 27.6 Å². The van der Waals surface area contributed by atoms with E-state index < -0.39 is 0 Å². The molecule has 2 nitrogen and oxygen atoms in total. The first-order valence-corrected chi connectivity index (χ1v) is 7.74. The Labute approximate surface area is 124 Å². The SMILES string of the molecule is COc1ccc(Br)c(CC(N)CC2=CCCCC2)c1. The third-order valence-electron chi connectivity index (χ3n) is 3.64. The van der Waals surface area contributed by atoms with Crippen molar-refractivity contribution in [2.75, 3.05) is 7.11 Å². The van der Waals surface area contributed by atoms with Crippen molar-refractivity contribution in [3.05, 3.63) is 39.9 Å². The van der Waals surface area contributed by atoms with Crippen LogP contribution in [0.2, 0.25) is 0 Å². The van der Waals surface area contributed by atoms with Gasteiger partial charge in [0.1, 0.15) is 5.75 Å². The number of rotatable bonds is 5. The zero-order chi connectivity index (χ0) is 13.7. The van der Waals surface area contributed by atoms with Crippen LogP contribution >= 0.6 is 15.9 Å². The van der Waals surface area contributed by atoms with Crippen molar-refractivity contribution in [2.24, 2.45) is 5.73 Å². The predicted octanol–water partition coefficient (Wildman–Crippen LogP) is 4.22. The van der Waals surface area contributed by atoms with E-state index in [0.29, 0.717) is 0 Å². The molecule has 0 heterocycles. The summed E-state index contributed by atoms with van der Waals surface area (Å²) in [5.74, 6) is 0.891. The van der Waals surface area contributed by atoms with Crippen molar-refractivity contribution in [1.82, 2.24) is 0 Å². The topological polar surface area (TPSA) is 35.2 Å². The van der Waals surface area contributed by atoms with Crippen LogP contribution in [0, 0.1) is 0 Å². The van der Waals surface area contributed by atoms with Gasteiger partial charge in [-0.3, -0.25) is 0 Å². The number of hydrogen-bond donors (Lipinski definition) is 1. The van der Waals surface area contributed by atoms with Crippen LogP contribution in [0.4, 0.5) is 0 Å². The van der Waals surface area contributed by atoms with E-state index in [0.717, 1.165) is 23.1 Å². The first-order valence-electron chi connectivity index (χ1n) is 6.95. The molecular weight excluding hydrogens is 302 g/mol. The standard InChI is InChI=1S/C16H22BrNO/c1-19-15-7-8-16(17)13(11-15)10-14(18)9-12-5-3-2-4-6-12/h5,7-8,11,14H,2-4,6,9-10,18H2,1H3. The molecule has 2 rings (SSSR count). The molecule has 2 N–H and O–H groups in total. The summed E-state index contributed by atoms with van der Waals surface area (Å²) in [5.41, 5.74) is 9.06. The maximum absolute atomic E-state index is 6.29. The first-order chi connectivity index (χ1) is 9.19. The van der Waals surface area contributed by atoms with E-state index in [2.05, 4.69) is 28.1 Å². The van der Waals surface area contributed by atoms with Crippen molar-refractivity contribution >= 4 is 15.9 Å². The molecule has 19 heavy (non-hydrogen) atoms. The zero-order valence-electron chi connectivity index (χ0n) is 11.5. The van der Waals surface area contributed by atoms with Gasteiger partial charge in [0.25, 0.3) is 0 Å². The van der Waals surface area contributed by atoms with E-state index in [1.807, 2.05) is 12.1 Å². The third-order valence-corrected chi connectivity index (χ3v) is 4.42. The van der Waals surface area contributed by atoms with Crippen LogP contribution in [0.3, 0.4) is 0 Å². The van der Waals surface area contributed by atoms with E-state index in [1.165, 1.54) is 36.8 Å². The number of methoxy groups -OCH3 is 1. The van der Waals surface area contributed by atoms with Crippen LogP contribution in [-0.4, -0.2) is 13.2 Å². The number of halogens is 1. The minimum Gasteiger partial charge on any atom is -0.497 e. The van der Waals surface area contributed by atoms with Gasteiger partial charge in [0.2, 0.25) is 0 Å². The minimum absolute atomic E-state index is 0.188. The van der Waals surface area contributed by atoms with Crippen LogP contribution in [0.15, 0.2) is 34.3 Å². The number of benzene rings is 1. The second-order valence-corrected chi connectivity index (χ2v) is 6.09. The molecule has 0 bridgehead atoms. The second-order valence-electron chi connectivity index (χ2n) is 5.23. The molecule has 1 unspecified atom stereocenters. The summed E-state index contributed by atoms with van der Waals surface area (Å²) in [6, 6.07) is 6.25. The highest BCUT2D eigenvalue weighted by Crippen LogP contribution is 2.26. The molecule has 0 amide bonds. The molecule has 0 radical (unpaired) electrons. The highest BCUT2D eigenvalue weighted by Gasteiger charge is 2.12. The van der Waals surface area contributed by atoms with E-state index >= 15 is 0 Å². The molecule has 0 aromatic heterocycles. The molecule has 1 aliphatic carbocycles. The van der Waals surface area contributed by atoms with E-state index in [4.69, 9.17) is 10.5 Å². The van der Waals surface area contributed by atoms with Gasteiger partial charge in [-0.05, 0) is 62.3 Å². The summed E-state index contributed by atoms with van der Waals surface area (Å²) >= 11 is 3.59. The summed E-state index contributed by atoms with van der Waals surface area (Å²) < 4.78 is 6.38. The molecule has 3 heteroatoms. The number of hydrogen-bond acceptors (Lipinski definition) is 2. The molecule has 104 valence electrons. The Kier molecular flexibility index (Phi) is 5.46. The fraction of sp³-hybridized carbons (Fsp3) is 0.500. The molecule has 1 atom stereocenters. The normalized spacial score (nSPS) is 16.9. The summed E-state index contributed by atoms with van der Waals surface area (Å²) in [6.07, 6.45) is 9.39. The van der Waals surface area contributed by atoms with Crippen molar-refractivity contribution in [3.63, 3.8) is 0 Å². The Morgan fingerprint density at radius 3 is 2.84 bits per heavy atom. The monoisotopic (exact) mass is 323 g/mol. The Morgan fingerprint density at radius 1 is 1.32 bits per heavy atom. The highest BCUT2D eigenvalue weighted by atomic mass is 79.9. The fourth-order valence-electron chi connectivity index (χ4n) is 2.62. The van der Waals surface area contributed by atoms with Gasteiger partial charge in [-0.25, -0.2) is 0 Å². The summed E-state index contributed by atoms with van der Waals surface area (Å²) in [6.45, 7) is 0. The summed E-state index contributed by atoms with van der Waals surface area (Å²) in [4.78, 5) is 0. The quantitative estimate of drug-likeness (QED) is 0.823. The van der Waals surface area contributed by atoms with Crippen LogP contribution in [-0.2, 0) is 6.42 Å². The lowest BCUT2D eigenvalue weighted by Crippen LogP contribution is -2.24. The third kappa shape index (κ3) is 4.36. The summed E-state index contributed by atoms with van der Waals surface area (Å²) in [7, 11) is 1.69. The average Bonchev–Trinajstić information content (AvgIpc) is 2.42. The molecule has 0 spiro atoms. The van der Waals surface area contributed by atoms with Gasteiger partial charge >= 0.3 is 0 Å². The van der Waals surface area contributed by atoms with Crippen molar-refractivity contribution in [2.45, 2.75) is 44.6 Å². The molecule has 0 saturated heterocycles. The molecule has 1 aromatic carbocycles. The Hall–Kier alpha value is -0.800. The molecule has 1 aromatic rings. The lowest BCUT2D eigenvalue weighted by Gasteiger charge is -2.18. The number of ether oxygens (including phenoxy) is 1. The molecule has 0 saturated carbocycles. The lowest BCUT2D eigenvalue weighted by molar-refractivity contribution is 0.414. The van der Waals surface area contributed by atoms with Crippen molar-refractivity contribution < 1.29 is 4.74 Å². The highest BCUT2D eigenvalue weighted by molar-refractivity contribution is 9.10. The smallest absolute Gasteiger partial charge is 0.119 e. The van der Waals surface area contributed by atoms with Crippen LogP contribution in [0.1, 0.15) is 37.7 Å². The average molecular weight is 324 g/mol. The van der Waals surface area contributed by atoms with Gasteiger partial charge in [0.15, 0.2) is 0 Å². The fourth-order valence-corrected chi connectivity index (χ4v) is 3.02. The largest absolute Gasteiger partial charge is 0.497 e. The maximum atomic E-state index is 6.29. The van der Waals surface area contributed by atoms with Crippen LogP contribution < -0.4 is 10.5 Å². The maximum Gasteiger partial charge on any atom is 0.119 e. The van der Waals surface area contributed by atoms with Crippen molar-refractivity contribution in [3.8, 4) is 5.75 Å². The Balaban J connectivity index is 1.97. The number of allylic oxidation sites excluding steroid dienone is 1. The summed E-state index contributed by atoms with van der Waals surface area (Å²) in [5, 5.41) is 0. The van der Waals surface area contributed by atoms with Gasteiger partial charge in [-0.2, -0.15) is 0 Å². The predicted molar refractivity (Wildman–Crippen MR) is 83.5 cm³/mol. The second kappa shape index (κ2) is 7.11. The number of nitrogens with two attached hydrogens (primary N) is 1. The zero-order valence-corrected chi connectivity index (χ0v) is 13.1. The Morgan fingerprint density at radius 2 is 2.16 bits per heavy atom. The first kappa shape index (κ1) is 14.6. The van der Waals surface area contributed by atoms with Gasteiger partial charge < -0.3 is 10.5 Å². The van der Waals surface area contributed by atoms with E-state index in [-0.39, 0.29) is 6.04 Å². The minimum atomic E-state index is 0.188. The van der Waals surface area contributed by atoms with Gasteiger partial charge in [0, 0.05) is 10.5 Å². The van der Waals surface area contributed by atoms with E-state index in [9.17, 15) is 0 Å². The van der Waals surface area contributed by atoms with Gasteiger partial charge in [0.05, 0.1) is 7.11 Å². The van der Waals surface area contributed by atoms with Gasteiger partial charge in [-0.15, -0.1) is 0 Å². The lowest BCUT2D eigenvalue weighted by atomic mass is 9.92. The Bertz CT molecular complexity index is 456. The van der Waals surface area contributed by atoms with Crippen LogP contribution in [0.5, 0.6) is 5.75 Å². The van der Waals surface area contributed by atoms with Crippen LogP contribution in [0.25, 0.3) is 0 Å². The van der Waals surface area contributed by atoms with E-state index in [1.54, 1.807) is 7.11 Å². The molecule has 0 aliphatic heterocycles. The molecule has 1 aliphatic rings.